The Balaban J connectivity index is 1.85. The van der Waals surface area contributed by atoms with Crippen LogP contribution in [0.4, 0.5) is 15.8 Å². The summed E-state index contributed by atoms with van der Waals surface area (Å²) in [5.74, 6) is -0.950. The molecule has 0 fully saturated rings. The first-order valence-corrected chi connectivity index (χ1v) is 8.04. The second-order valence-electron chi connectivity index (χ2n) is 5.82. The van der Waals surface area contributed by atoms with Gasteiger partial charge < -0.3 is 15.6 Å². The van der Waals surface area contributed by atoms with E-state index in [9.17, 15) is 14.4 Å². The Labute approximate surface area is 150 Å². The molecule has 5 nitrogen and oxygen atoms in total. The van der Waals surface area contributed by atoms with Crippen molar-refractivity contribution in [3.05, 3.63) is 83.4 Å². The lowest BCUT2D eigenvalue weighted by Crippen LogP contribution is -2.21. The van der Waals surface area contributed by atoms with Crippen LogP contribution < -0.4 is 11.1 Å². The van der Waals surface area contributed by atoms with Gasteiger partial charge in [0.25, 0.3) is 0 Å². The zero-order chi connectivity index (χ0) is 18.5. The van der Waals surface area contributed by atoms with Crippen LogP contribution in [0.2, 0.25) is 0 Å². The number of carbonyl (C=O) groups is 1. The minimum absolute atomic E-state index is 0.0979. The van der Waals surface area contributed by atoms with Crippen molar-refractivity contribution in [3.8, 4) is 6.07 Å². The van der Waals surface area contributed by atoms with Crippen molar-refractivity contribution >= 4 is 17.3 Å². The number of nitriles is 1. The van der Waals surface area contributed by atoms with Crippen LogP contribution in [0.15, 0.2) is 60.7 Å². The van der Waals surface area contributed by atoms with E-state index in [1.807, 2.05) is 30.3 Å². The number of aromatic nitrogens is 1. The first-order chi connectivity index (χ1) is 12.6. The fourth-order valence-corrected chi connectivity index (χ4v) is 2.77. The molecule has 3 aromatic rings. The lowest BCUT2D eigenvalue weighted by Gasteiger charge is -2.12. The number of halogens is 1. The molecule has 1 heterocycles. The molecule has 0 unspecified atom stereocenters. The summed E-state index contributed by atoms with van der Waals surface area (Å²) in [6.07, 6.45) is 0.487. The predicted molar refractivity (Wildman–Crippen MR) is 97.8 cm³/mol. The van der Waals surface area contributed by atoms with Crippen LogP contribution in [0.25, 0.3) is 0 Å². The number of anilines is 2. The standard InChI is InChI=1S/C20H17FN4O/c21-16-8-4-5-9-18(16)24-20(26)13-25-15(12-22)11-17(23)19(25)10-14-6-2-1-3-7-14/h1-9,11H,10,13,23H2,(H,24,26). The molecule has 0 aliphatic rings. The molecule has 0 saturated heterocycles. The number of nitrogens with two attached hydrogens (primary N) is 1. The van der Waals surface area contributed by atoms with Crippen LogP contribution in [0, 0.1) is 17.1 Å². The van der Waals surface area contributed by atoms with E-state index in [1.165, 1.54) is 12.1 Å². The minimum atomic E-state index is -0.516. The Bertz CT molecular complexity index is 973. The molecule has 0 spiro atoms. The van der Waals surface area contributed by atoms with Crippen molar-refractivity contribution in [1.82, 2.24) is 4.57 Å². The number of carbonyl (C=O) groups excluding carboxylic acids is 1. The maximum atomic E-state index is 13.7. The van der Waals surface area contributed by atoms with Gasteiger partial charge >= 0.3 is 0 Å². The minimum Gasteiger partial charge on any atom is -0.397 e. The van der Waals surface area contributed by atoms with Crippen molar-refractivity contribution in [3.63, 3.8) is 0 Å². The Morgan fingerprint density at radius 3 is 2.54 bits per heavy atom. The van der Waals surface area contributed by atoms with E-state index in [2.05, 4.69) is 11.4 Å². The second kappa shape index (κ2) is 7.53. The summed E-state index contributed by atoms with van der Waals surface area (Å²) in [4.78, 5) is 12.4. The third kappa shape index (κ3) is 3.73. The van der Waals surface area contributed by atoms with Gasteiger partial charge in [-0.2, -0.15) is 5.26 Å². The van der Waals surface area contributed by atoms with Gasteiger partial charge in [0.05, 0.1) is 11.4 Å². The molecule has 0 radical (unpaired) electrons. The summed E-state index contributed by atoms with van der Waals surface area (Å²) in [6.45, 7) is -0.128. The smallest absolute Gasteiger partial charge is 0.244 e. The quantitative estimate of drug-likeness (QED) is 0.742. The van der Waals surface area contributed by atoms with Crippen molar-refractivity contribution < 1.29 is 9.18 Å². The van der Waals surface area contributed by atoms with E-state index in [0.29, 0.717) is 17.8 Å². The van der Waals surface area contributed by atoms with E-state index in [4.69, 9.17) is 5.73 Å². The van der Waals surface area contributed by atoms with Gasteiger partial charge in [-0.15, -0.1) is 0 Å². The van der Waals surface area contributed by atoms with Crippen molar-refractivity contribution in [1.29, 1.82) is 5.26 Å². The largest absolute Gasteiger partial charge is 0.397 e. The first kappa shape index (κ1) is 17.2. The highest BCUT2D eigenvalue weighted by atomic mass is 19.1. The van der Waals surface area contributed by atoms with E-state index < -0.39 is 11.7 Å². The summed E-state index contributed by atoms with van der Waals surface area (Å²) in [5, 5.41) is 11.9. The van der Waals surface area contributed by atoms with Crippen molar-refractivity contribution in [2.45, 2.75) is 13.0 Å². The summed E-state index contributed by atoms with van der Waals surface area (Å²) >= 11 is 0. The number of nitrogens with zero attached hydrogens (tertiary/aromatic N) is 2. The van der Waals surface area contributed by atoms with Crippen molar-refractivity contribution in [2.75, 3.05) is 11.1 Å². The molecule has 3 N–H and O–H groups in total. The van der Waals surface area contributed by atoms with Gasteiger partial charge in [0.15, 0.2) is 0 Å². The summed E-state index contributed by atoms with van der Waals surface area (Å²) in [6, 6.07) is 19.2. The van der Waals surface area contributed by atoms with Crippen LogP contribution in [0.1, 0.15) is 17.0 Å². The summed E-state index contributed by atoms with van der Waals surface area (Å²) in [7, 11) is 0. The van der Waals surface area contributed by atoms with Gasteiger partial charge in [0, 0.05) is 12.1 Å². The number of para-hydroxylation sites is 1. The van der Waals surface area contributed by atoms with Gasteiger partial charge in [0.1, 0.15) is 24.1 Å². The number of nitrogen functional groups attached to an aromatic ring is 1. The van der Waals surface area contributed by atoms with Crippen LogP contribution in [0.3, 0.4) is 0 Å². The molecule has 6 heteroatoms. The fourth-order valence-electron chi connectivity index (χ4n) is 2.77. The lowest BCUT2D eigenvalue weighted by molar-refractivity contribution is -0.116. The molecule has 3 rings (SSSR count). The molecule has 0 saturated carbocycles. The molecule has 26 heavy (non-hydrogen) atoms. The highest BCUT2D eigenvalue weighted by Gasteiger charge is 2.17. The average Bonchev–Trinajstić information content (AvgIpc) is 2.93. The normalized spacial score (nSPS) is 10.3. The Hall–Kier alpha value is -3.59. The maximum Gasteiger partial charge on any atom is 0.244 e. The van der Waals surface area contributed by atoms with Gasteiger partial charge in [-0.1, -0.05) is 42.5 Å². The van der Waals surface area contributed by atoms with Crippen LogP contribution in [-0.4, -0.2) is 10.5 Å². The molecular weight excluding hydrogens is 331 g/mol. The highest BCUT2D eigenvalue weighted by Crippen LogP contribution is 2.22. The van der Waals surface area contributed by atoms with E-state index in [-0.39, 0.29) is 17.9 Å². The van der Waals surface area contributed by atoms with Gasteiger partial charge in [-0.25, -0.2) is 4.39 Å². The molecule has 130 valence electrons. The number of rotatable bonds is 5. The molecule has 0 aliphatic heterocycles. The molecule has 1 amide bonds. The predicted octanol–water partition coefficient (Wildman–Crippen LogP) is 3.31. The van der Waals surface area contributed by atoms with Crippen LogP contribution in [0.5, 0.6) is 0 Å². The number of hydrogen-bond donors (Lipinski definition) is 2. The number of benzene rings is 2. The topological polar surface area (TPSA) is 83.8 Å². The Morgan fingerprint density at radius 1 is 1.15 bits per heavy atom. The fraction of sp³-hybridized carbons (Fsp3) is 0.100. The average molecular weight is 348 g/mol. The monoisotopic (exact) mass is 348 g/mol. The Morgan fingerprint density at radius 2 is 1.85 bits per heavy atom. The van der Waals surface area contributed by atoms with Crippen LogP contribution in [-0.2, 0) is 17.8 Å². The third-order valence-electron chi connectivity index (χ3n) is 4.02. The number of hydrogen-bond acceptors (Lipinski definition) is 3. The van der Waals surface area contributed by atoms with E-state index in [1.54, 1.807) is 22.8 Å². The molecule has 0 aliphatic carbocycles. The Kier molecular flexibility index (Phi) is 4.99. The van der Waals surface area contributed by atoms with Gasteiger partial charge in [0.2, 0.25) is 5.91 Å². The second-order valence-corrected chi connectivity index (χ2v) is 5.82. The molecule has 1 aromatic heterocycles. The number of nitrogens with one attached hydrogen (secondary N) is 1. The summed E-state index contributed by atoms with van der Waals surface area (Å²) in [5.41, 5.74) is 8.58. The highest BCUT2D eigenvalue weighted by molar-refractivity contribution is 5.91. The zero-order valence-electron chi connectivity index (χ0n) is 13.9. The molecule has 0 atom stereocenters. The van der Waals surface area contributed by atoms with Crippen LogP contribution >= 0.6 is 0 Å². The SMILES string of the molecule is N#Cc1cc(N)c(Cc2ccccc2)n1CC(=O)Nc1ccccc1F. The first-order valence-electron chi connectivity index (χ1n) is 8.04. The van der Waals surface area contributed by atoms with E-state index >= 15 is 0 Å². The van der Waals surface area contributed by atoms with Crippen molar-refractivity contribution in [2.24, 2.45) is 0 Å². The summed E-state index contributed by atoms with van der Waals surface area (Å²) < 4.78 is 15.3. The zero-order valence-corrected chi connectivity index (χ0v) is 13.9. The maximum absolute atomic E-state index is 13.7. The third-order valence-corrected chi connectivity index (χ3v) is 4.02. The molecular formula is C20H17FN4O. The molecule has 2 aromatic carbocycles. The van der Waals surface area contributed by atoms with E-state index in [0.717, 1.165) is 5.56 Å². The molecule has 0 bridgehead atoms. The van der Waals surface area contributed by atoms with Gasteiger partial charge in [-0.3, -0.25) is 4.79 Å². The van der Waals surface area contributed by atoms with Gasteiger partial charge in [-0.05, 0) is 23.8 Å². The number of amides is 1. The lowest BCUT2D eigenvalue weighted by atomic mass is 10.1.